The first kappa shape index (κ1) is 27.1. The number of nitrogens with two attached hydrogens (primary N) is 1. The van der Waals surface area contributed by atoms with Gasteiger partial charge in [0.1, 0.15) is 11.6 Å². The Hall–Kier alpha value is -3.13. The fourth-order valence-electron chi connectivity index (χ4n) is 6.80. The summed E-state index contributed by atoms with van der Waals surface area (Å²) >= 11 is 0. The van der Waals surface area contributed by atoms with E-state index in [1.54, 1.807) is 6.07 Å². The van der Waals surface area contributed by atoms with Gasteiger partial charge in [-0.15, -0.1) is 0 Å². The van der Waals surface area contributed by atoms with E-state index in [4.69, 9.17) is 10.5 Å². The van der Waals surface area contributed by atoms with Crippen molar-refractivity contribution in [1.82, 2.24) is 9.80 Å². The number of carbonyl (C=O) groups excluding carboxylic acids is 2. The summed E-state index contributed by atoms with van der Waals surface area (Å²) in [6.07, 6.45) is 10.8. The van der Waals surface area contributed by atoms with Crippen molar-refractivity contribution in [2.75, 3.05) is 25.0 Å². The second-order valence-electron chi connectivity index (χ2n) is 12.3. The molecule has 0 aromatic heterocycles. The molecule has 2 saturated carbocycles. The van der Waals surface area contributed by atoms with Crippen LogP contribution in [0.5, 0.6) is 5.75 Å². The molecule has 2 aliphatic carbocycles. The van der Waals surface area contributed by atoms with Gasteiger partial charge in [-0.2, -0.15) is 0 Å². The van der Waals surface area contributed by atoms with E-state index in [0.717, 1.165) is 49.8 Å². The summed E-state index contributed by atoms with van der Waals surface area (Å²) < 4.78 is 20.8. The highest BCUT2D eigenvalue weighted by Crippen LogP contribution is 2.49. The molecule has 7 nitrogen and oxygen atoms in total. The smallest absolute Gasteiger partial charge is 0.253 e. The van der Waals surface area contributed by atoms with E-state index >= 15 is 0 Å². The van der Waals surface area contributed by atoms with Crippen LogP contribution >= 0.6 is 0 Å². The molecular weight excluding hydrogens is 507 g/mol. The van der Waals surface area contributed by atoms with Gasteiger partial charge in [0, 0.05) is 48.8 Å². The molecule has 2 aromatic rings. The third kappa shape index (κ3) is 5.06. The monoisotopic (exact) mass is 548 g/mol. The molecule has 2 heterocycles. The van der Waals surface area contributed by atoms with Crippen molar-refractivity contribution in [1.29, 1.82) is 0 Å². The summed E-state index contributed by atoms with van der Waals surface area (Å²) in [6.45, 7) is 3.46. The van der Waals surface area contributed by atoms with Crippen molar-refractivity contribution in [2.45, 2.75) is 88.4 Å². The number of fused-ring (bicyclic) bond motifs is 1. The Bertz CT molecular complexity index is 1250. The Balaban J connectivity index is 1.22. The lowest BCUT2D eigenvalue weighted by molar-refractivity contribution is -0.137. The number of ether oxygens (including phenoxy) is 1. The van der Waals surface area contributed by atoms with Crippen molar-refractivity contribution in [3.8, 4) is 5.75 Å². The first-order valence-corrected chi connectivity index (χ1v) is 15.1. The largest absolute Gasteiger partial charge is 0.461 e. The summed E-state index contributed by atoms with van der Waals surface area (Å²) in [5, 5.41) is 3.65. The quantitative estimate of drug-likeness (QED) is 0.534. The maximum absolute atomic E-state index is 14.1. The second kappa shape index (κ2) is 10.7. The number of amides is 2. The fourth-order valence-corrected chi connectivity index (χ4v) is 6.80. The molecule has 2 aromatic carbocycles. The molecule has 6 rings (SSSR count). The number of nitrogens with zero attached hydrogens (tertiary/aromatic N) is 2. The third-order valence-electron chi connectivity index (χ3n) is 9.42. The molecule has 8 heteroatoms. The molecule has 4 aliphatic rings. The maximum atomic E-state index is 14.1. The average molecular weight is 549 g/mol. The molecule has 2 amide bonds. The summed E-state index contributed by atoms with van der Waals surface area (Å²) in [4.78, 5) is 29.9. The number of piperazine rings is 1. The zero-order valence-electron chi connectivity index (χ0n) is 23.5. The van der Waals surface area contributed by atoms with Crippen LogP contribution in [0.4, 0.5) is 10.1 Å². The van der Waals surface area contributed by atoms with Gasteiger partial charge in [-0.05, 0) is 56.9 Å². The zero-order valence-corrected chi connectivity index (χ0v) is 23.5. The van der Waals surface area contributed by atoms with E-state index in [1.807, 2.05) is 41.0 Å². The summed E-state index contributed by atoms with van der Waals surface area (Å²) in [7, 11) is 0. The minimum absolute atomic E-state index is 0.0108. The minimum Gasteiger partial charge on any atom is -0.461 e. The highest BCUT2D eigenvalue weighted by atomic mass is 19.1. The Morgan fingerprint density at radius 2 is 1.65 bits per heavy atom. The van der Waals surface area contributed by atoms with Crippen molar-refractivity contribution in [3.63, 3.8) is 0 Å². The van der Waals surface area contributed by atoms with Gasteiger partial charge in [0.25, 0.3) is 5.91 Å². The summed E-state index contributed by atoms with van der Waals surface area (Å²) in [5.41, 5.74) is 7.02. The van der Waals surface area contributed by atoms with Crippen LogP contribution in [0.3, 0.4) is 0 Å². The predicted octanol–water partition coefficient (Wildman–Crippen LogP) is 5.40. The first-order chi connectivity index (χ1) is 19.3. The molecule has 0 radical (unpaired) electrons. The normalized spacial score (nSPS) is 26.5. The number of anilines is 1. The van der Waals surface area contributed by atoms with Gasteiger partial charge in [-0.3, -0.25) is 9.59 Å². The molecule has 3 N–H and O–H groups in total. The average Bonchev–Trinajstić information content (AvgIpc) is 3.55. The number of hydrogen-bond donors (Lipinski definition) is 2. The molecule has 40 heavy (non-hydrogen) atoms. The van der Waals surface area contributed by atoms with Gasteiger partial charge in [-0.25, -0.2) is 4.39 Å². The predicted molar refractivity (Wildman–Crippen MR) is 152 cm³/mol. The number of carbonyl (C=O) groups is 2. The Labute approximate surface area is 236 Å². The van der Waals surface area contributed by atoms with E-state index in [9.17, 15) is 14.0 Å². The molecule has 3 fully saturated rings. The van der Waals surface area contributed by atoms with Crippen LogP contribution in [0.15, 0.2) is 42.5 Å². The van der Waals surface area contributed by atoms with Crippen LogP contribution in [-0.2, 0) is 10.5 Å². The lowest BCUT2D eigenvalue weighted by atomic mass is 9.81. The Morgan fingerprint density at radius 1 is 0.975 bits per heavy atom. The number of benzene rings is 2. The standard InChI is InChI=1S/C32H41FN4O3/c1-22-21-36(18-19-37(22)30(39)31(34)16-17-31)29(38)23-10-12-25(13-11-23)32(24-8-6-4-2-3-5-7-9-24)35-27-15-14-26(33)20-28(27)40-32/h10-15,20,22,24,35H,2-9,16-19,21,34H2,1H3/t22-,32?/m0/s1. The summed E-state index contributed by atoms with van der Waals surface area (Å²) in [6, 6.07) is 12.3. The number of hydrogen-bond acceptors (Lipinski definition) is 5. The number of nitrogens with one attached hydrogen (secondary N) is 1. The zero-order chi connectivity index (χ0) is 27.9. The van der Waals surface area contributed by atoms with Crippen LogP contribution in [0.1, 0.15) is 87.1 Å². The highest BCUT2D eigenvalue weighted by Gasteiger charge is 2.50. The van der Waals surface area contributed by atoms with Crippen LogP contribution in [0.2, 0.25) is 0 Å². The van der Waals surface area contributed by atoms with Crippen LogP contribution in [-0.4, -0.2) is 52.8 Å². The van der Waals surface area contributed by atoms with E-state index < -0.39 is 11.3 Å². The molecule has 1 saturated heterocycles. The van der Waals surface area contributed by atoms with Gasteiger partial charge in [0.05, 0.1) is 11.2 Å². The fraction of sp³-hybridized carbons (Fsp3) is 0.562. The third-order valence-corrected chi connectivity index (χ3v) is 9.42. The van der Waals surface area contributed by atoms with E-state index in [2.05, 4.69) is 5.32 Å². The summed E-state index contributed by atoms with van der Waals surface area (Å²) in [5.74, 6) is 0.401. The maximum Gasteiger partial charge on any atom is 0.253 e. The molecule has 214 valence electrons. The molecular formula is C32H41FN4O3. The first-order valence-electron chi connectivity index (χ1n) is 15.1. The number of rotatable bonds is 4. The van der Waals surface area contributed by atoms with Crippen molar-refractivity contribution >= 4 is 17.5 Å². The van der Waals surface area contributed by atoms with E-state index in [0.29, 0.717) is 30.9 Å². The van der Waals surface area contributed by atoms with Crippen LogP contribution in [0.25, 0.3) is 0 Å². The van der Waals surface area contributed by atoms with Gasteiger partial charge in [0.15, 0.2) is 0 Å². The molecule has 1 unspecified atom stereocenters. The van der Waals surface area contributed by atoms with Gasteiger partial charge in [0.2, 0.25) is 11.6 Å². The topological polar surface area (TPSA) is 87.9 Å². The van der Waals surface area contributed by atoms with Gasteiger partial charge < -0.3 is 25.6 Å². The van der Waals surface area contributed by atoms with Gasteiger partial charge >= 0.3 is 0 Å². The lowest BCUT2D eigenvalue weighted by Crippen LogP contribution is -2.59. The Kier molecular flexibility index (Phi) is 7.23. The van der Waals surface area contributed by atoms with Gasteiger partial charge in [-0.1, -0.05) is 50.7 Å². The van der Waals surface area contributed by atoms with Crippen molar-refractivity contribution in [2.24, 2.45) is 11.7 Å². The SMILES string of the molecule is C[C@H]1CN(C(=O)c2ccc(C3(C4CCCCCCCC4)Nc4ccc(F)cc4O3)cc2)CCN1C(=O)C1(N)CC1. The second-order valence-corrected chi connectivity index (χ2v) is 12.3. The molecule has 0 spiro atoms. The van der Waals surface area contributed by atoms with E-state index in [-0.39, 0.29) is 29.6 Å². The van der Waals surface area contributed by atoms with E-state index in [1.165, 1.54) is 37.8 Å². The highest BCUT2D eigenvalue weighted by molar-refractivity contribution is 5.95. The van der Waals surface area contributed by atoms with Crippen LogP contribution < -0.4 is 15.8 Å². The minimum atomic E-state index is -0.802. The lowest BCUT2D eigenvalue weighted by Gasteiger charge is -2.41. The van der Waals surface area contributed by atoms with Crippen molar-refractivity contribution in [3.05, 3.63) is 59.4 Å². The van der Waals surface area contributed by atoms with Crippen molar-refractivity contribution < 1.29 is 18.7 Å². The Morgan fingerprint density at radius 3 is 2.30 bits per heavy atom. The number of halogens is 1. The molecule has 2 aliphatic heterocycles. The molecule has 2 atom stereocenters. The molecule has 0 bridgehead atoms. The van der Waals surface area contributed by atoms with Crippen LogP contribution in [0, 0.1) is 11.7 Å².